The minimum atomic E-state index is 0.237. The summed E-state index contributed by atoms with van der Waals surface area (Å²) >= 11 is 0. The largest absolute Gasteiger partial charge is 0.487 e. The molecule has 1 aromatic rings. The number of aromatic nitrogens is 2. The summed E-state index contributed by atoms with van der Waals surface area (Å²) in [5, 5.41) is 7.78. The highest BCUT2D eigenvalue weighted by Gasteiger charge is 2.13. The van der Waals surface area contributed by atoms with Crippen LogP contribution in [0.2, 0.25) is 0 Å². The molecule has 104 valence electrons. The van der Waals surface area contributed by atoms with Crippen molar-refractivity contribution in [2.24, 2.45) is 7.05 Å². The van der Waals surface area contributed by atoms with Crippen LogP contribution in [-0.4, -0.2) is 28.5 Å². The molecule has 0 aliphatic heterocycles. The third-order valence-electron chi connectivity index (χ3n) is 3.10. The summed E-state index contributed by atoms with van der Waals surface area (Å²) in [6.07, 6.45) is 2.44. The number of nitrogens with one attached hydrogen (secondary N) is 1. The third-order valence-corrected chi connectivity index (χ3v) is 3.10. The Hall–Kier alpha value is -1.03. The number of hydrogen-bond donors (Lipinski definition) is 1. The Bertz CT molecular complexity index is 371. The Balaban J connectivity index is 2.38. The molecule has 1 aromatic heterocycles. The van der Waals surface area contributed by atoms with Gasteiger partial charge in [-0.25, -0.2) is 0 Å². The van der Waals surface area contributed by atoms with Crippen molar-refractivity contribution in [2.75, 3.05) is 6.54 Å². The standard InChI is InChI=1S/C14H27N3O/c1-10(2)15-9-7-8-11(3)18-14-12(4)16-17(6)13(14)5/h10-11,15H,7-9H2,1-6H3. The monoisotopic (exact) mass is 253 g/mol. The summed E-state index contributed by atoms with van der Waals surface area (Å²) in [7, 11) is 1.95. The number of nitrogens with zero attached hydrogens (tertiary/aromatic N) is 2. The molecule has 1 heterocycles. The van der Waals surface area contributed by atoms with E-state index in [1.807, 2.05) is 25.6 Å². The second kappa shape index (κ2) is 6.78. The van der Waals surface area contributed by atoms with Gasteiger partial charge in [0.1, 0.15) is 5.69 Å². The molecule has 0 aromatic carbocycles. The summed E-state index contributed by atoms with van der Waals surface area (Å²) in [5.41, 5.74) is 2.07. The van der Waals surface area contributed by atoms with Crippen molar-refractivity contribution >= 4 is 0 Å². The van der Waals surface area contributed by atoms with Gasteiger partial charge < -0.3 is 10.1 Å². The molecule has 1 unspecified atom stereocenters. The van der Waals surface area contributed by atoms with E-state index in [9.17, 15) is 0 Å². The summed E-state index contributed by atoms with van der Waals surface area (Å²) in [6, 6.07) is 0.559. The first kappa shape index (κ1) is 15.0. The quantitative estimate of drug-likeness (QED) is 0.759. The van der Waals surface area contributed by atoms with Crippen molar-refractivity contribution in [2.45, 2.75) is 59.6 Å². The molecule has 0 radical (unpaired) electrons. The van der Waals surface area contributed by atoms with Gasteiger partial charge in [0.05, 0.1) is 11.8 Å². The average Bonchev–Trinajstić information content (AvgIpc) is 2.51. The molecule has 0 fully saturated rings. The summed E-state index contributed by atoms with van der Waals surface area (Å²) in [6.45, 7) is 11.6. The zero-order valence-electron chi connectivity index (χ0n) is 12.6. The first-order valence-corrected chi connectivity index (χ1v) is 6.82. The van der Waals surface area contributed by atoms with Gasteiger partial charge in [-0.1, -0.05) is 13.8 Å². The SMILES string of the molecule is Cc1nn(C)c(C)c1OC(C)CCCNC(C)C. The van der Waals surface area contributed by atoms with E-state index in [0.717, 1.165) is 36.5 Å². The molecule has 1 atom stereocenters. The van der Waals surface area contributed by atoms with Gasteiger partial charge in [-0.3, -0.25) is 4.68 Å². The van der Waals surface area contributed by atoms with Gasteiger partial charge >= 0.3 is 0 Å². The summed E-state index contributed by atoms with van der Waals surface area (Å²) in [4.78, 5) is 0. The molecule has 0 aliphatic rings. The van der Waals surface area contributed by atoms with E-state index in [-0.39, 0.29) is 6.10 Å². The second-order valence-corrected chi connectivity index (χ2v) is 5.30. The van der Waals surface area contributed by atoms with Crippen molar-refractivity contribution in [1.29, 1.82) is 0 Å². The molecule has 18 heavy (non-hydrogen) atoms. The van der Waals surface area contributed by atoms with Crippen LogP contribution in [0.15, 0.2) is 0 Å². The smallest absolute Gasteiger partial charge is 0.163 e. The Morgan fingerprint density at radius 2 is 1.94 bits per heavy atom. The maximum atomic E-state index is 5.99. The molecule has 0 saturated carbocycles. The van der Waals surface area contributed by atoms with Gasteiger partial charge in [0.15, 0.2) is 5.75 Å². The van der Waals surface area contributed by atoms with Crippen LogP contribution in [0.4, 0.5) is 0 Å². The van der Waals surface area contributed by atoms with Gasteiger partial charge in [-0.05, 0) is 40.2 Å². The van der Waals surface area contributed by atoms with Crippen LogP contribution in [0, 0.1) is 13.8 Å². The Morgan fingerprint density at radius 1 is 1.28 bits per heavy atom. The minimum absolute atomic E-state index is 0.237. The fraction of sp³-hybridized carbons (Fsp3) is 0.786. The molecular formula is C14H27N3O. The molecule has 0 bridgehead atoms. The van der Waals surface area contributed by atoms with E-state index < -0.39 is 0 Å². The van der Waals surface area contributed by atoms with E-state index in [4.69, 9.17) is 4.74 Å². The molecule has 1 N–H and O–H groups in total. The highest BCUT2D eigenvalue weighted by atomic mass is 16.5. The van der Waals surface area contributed by atoms with E-state index in [0.29, 0.717) is 6.04 Å². The van der Waals surface area contributed by atoms with Crippen LogP contribution in [0.25, 0.3) is 0 Å². The van der Waals surface area contributed by atoms with Crippen molar-refractivity contribution in [3.05, 3.63) is 11.4 Å². The molecular weight excluding hydrogens is 226 g/mol. The van der Waals surface area contributed by atoms with Crippen molar-refractivity contribution in [3.63, 3.8) is 0 Å². The molecule has 0 aliphatic carbocycles. The van der Waals surface area contributed by atoms with Gasteiger partial charge in [0, 0.05) is 13.1 Å². The van der Waals surface area contributed by atoms with Gasteiger partial charge in [0.2, 0.25) is 0 Å². The summed E-state index contributed by atoms with van der Waals surface area (Å²) < 4.78 is 7.87. The first-order chi connectivity index (χ1) is 8.41. The van der Waals surface area contributed by atoms with Crippen LogP contribution in [-0.2, 0) is 7.05 Å². The van der Waals surface area contributed by atoms with E-state index in [1.165, 1.54) is 0 Å². The van der Waals surface area contributed by atoms with Crippen LogP contribution in [0.1, 0.15) is 45.0 Å². The topological polar surface area (TPSA) is 39.1 Å². The molecule has 0 spiro atoms. The summed E-state index contributed by atoms with van der Waals surface area (Å²) in [5.74, 6) is 0.946. The van der Waals surface area contributed by atoms with Crippen LogP contribution >= 0.6 is 0 Å². The predicted octanol–water partition coefficient (Wildman–Crippen LogP) is 2.58. The molecule has 4 nitrogen and oxygen atoms in total. The highest BCUT2D eigenvalue weighted by Crippen LogP contribution is 2.23. The van der Waals surface area contributed by atoms with E-state index >= 15 is 0 Å². The number of hydrogen-bond acceptors (Lipinski definition) is 3. The lowest BCUT2D eigenvalue weighted by atomic mass is 10.2. The lowest BCUT2D eigenvalue weighted by Crippen LogP contribution is -2.25. The Morgan fingerprint density at radius 3 is 2.44 bits per heavy atom. The molecule has 0 saturated heterocycles. The zero-order chi connectivity index (χ0) is 13.7. The van der Waals surface area contributed by atoms with Crippen molar-refractivity contribution in [3.8, 4) is 5.75 Å². The van der Waals surface area contributed by atoms with Crippen molar-refractivity contribution < 1.29 is 4.74 Å². The maximum Gasteiger partial charge on any atom is 0.163 e. The minimum Gasteiger partial charge on any atom is -0.487 e. The second-order valence-electron chi connectivity index (χ2n) is 5.30. The number of ether oxygens (including phenoxy) is 1. The number of rotatable bonds is 7. The van der Waals surface area contributed by atoms with Gasteiger partial charge in [0.25, 0.3) is 0 Å². The van der Waals surface area contributed by atoms with Crippen LogP contribution < -0.4 is 10.1 Å². The molecule has 1 rings (SSSR count). The van der Waals surface area contributed by atoms with Crippen molar-refractivity contribution in [1.82, 2.24) is 15.1 Å². The Kier molecular flexibility index (Phi) is 5.66. The first-order valence-electron chi connectivity index (χ1n) is 6.82. The van der Waals surface area contributed by atoms with Gasteiger partial charge in [-0.15, -0.1) is 0 Å². The fourth-order valence-electron chi connectivity index (χ4n) is 1.97. The van der Waals surface area contributed by atoms with Gasteiger partial charge in [-0.2, -0.15) is 5.10 Å². The fourth-order valence-corrected chi connectivity index (χ4v) is 1.97. The molecule has 4 heteroatoms. The lowest BCUT2D eigenvalue weighted by molar-refractivity contribution is 0.204. The zero-order valence-corrected chi connectivity index (χ0v) is 12.6. The highest BCUT2D eigenvalue weighted by molar-refractivity contribution is 5.31. The number of aryl methyl sites for hydroxylation is 2. The van der Waals surface area contributed by atoms with E-state index in [2.05, 4.69) is 31.2 Å². The van der Waals surface area contributed by atoms with Crippen LogP contribution in [0.3, 0.4) is 0 Å². The van der Waals surface area contributed by atoms with Crippen LogP contribution in [0.5, 0.6) is 5.75 Å². The Labute approximate surface area is 111 Å². The average molecular weight is 253 g/mol. The van der Waals surface area contributed by atoms with E-state index in [1.54, 1.807) is 0 Å². The lowest BCUT2D eigenvalue weighted by Gasteiger charge is -2.15. The maximum absolute atomic E-state index is 5.99. The normalized spacial score (nSPS) is 13.1. The predicted molar refractivity (Wildman–Crippen MR) is 75.1 cm³/mol. The third kappa shape index (κ3) is 4.33. The molecule has 0 amide bonds.